The standard InChI is InChI=1S/C9H13N2O7P/c1-5-4-6(12)11(2-3-18-19(15,16)17)9(14)7(5)8(10)13/h4,14H,2-3H2,1H3,(H2,10,13)(H2,15,16,17). The van der Waals surface area contributed by atoms with Crippen molar-refractivity contribution in [2.24, 2.45) is 5.73 Å². The number of aryl methyl sites for hydroxylation is 1. The Morgan fingerprint density at radius 1 is 1.53 bits per heavy atom. The summed E-state index contributed by atoms with van der Waals surface area (Å²) in [5.74, 6) is -1.58. The number of pyridine rings is 1. The molecule has 0 radical (unpaired) electrons. The van der Waals surface area contributed by atoms with Gasteiger partial charge in [0.1, 0.15) is 5.56 Å². The third-order valence-electron chi connectivity index (χ3n) is 2.30. The smallest absolute Gasteiger partial charge is 0.469 e. The summed E-state index contributed by atoms with van der Waals surface area (Å²) in [6.07, 6.45) is 0. The first kappa shape index (κ1) is 15.4. The Labute approximate surface area is 107 Å². The normalized spacial score (nSPS) is 11.5. The highest BCUT2D eigenvalue weighted by atomic mass is 31.2. The van der Waals surface area contributed by atoms with E-state index in [1.165, 1.54) is 6.92 Å². The van der Waals surface area contributed by atoms with Gasteiger partial charge >= 0.3 is 7.82 Å². The predicted octanol–water partition coefficient (Wildman–Crippen LogP) is -0.929. The summed E-state index contributed by atoms with van der Waals surface area (Å²) >= 11 is 0. The van der Waals surface area contributed by atoms with Crippen LogP contribution in [0.1, 0.15) is 15.9 Å². The molecule has 0 atom stereocenters. The second kappa shape index (κ2) is 5.54. The molecule has 9 nitrogen and oxygen atoms in total. The molecule has 0 saturated heterocycles. The Bertz CT molecular complexity index is 603. The summed E-state index contributed by atoms with van der Waals surface area (Å²) in [5, 5.41) is 9.76. The van der Waals surface area contributed by atoms with Crippen molar-refractivity contribution in [3.8, 4) is 5.88 Å². The van der Waals surface area contributed by atoms with Gasteiger partial charge in [0.05, 0.1) is 13.2 Å². The van der Waals surface area contributed by atoms with E-state index < -0.39 is 31.8 Å². The monoisotopic (exact) mass is 292 g/mol. The van der Waals surface area contributed by atoms with Gasteiger partial charge < -0.3 is 20.6 Å². The minimum absolute atomic E-state index is 0.210. The van der Waals surface area contributed by atoms with E-state index in [1.54, 1.807) is 0 Å². The second-order valence-corrected chi connectivity index (χ2v) is 4.94. The largest absolute Gasteiger partial charge is 0.494 e. The number of rotatable bonds is 5. The van der Waals surface area contributed by atoms with Crippen LogP contribution in [0.25, 0.3) is 0 Å². The predicted molar refractivity (Wildman–Crippen MR) is 63.6 cm³/mol. The number of aromatic hydroxyl groups is 1. The molecule has 1 amide bonds. The van der Waals surface area contributed by atoms with Crippen LogP contribution >= 0.6 is 7.82 Å². The molecular formula is C9H13N2O7P. The van der Waals surface area contributed by atoms with Gasteiger partial charge in [0.15, 0.2) is 0 Å². The zero-order valence-corrected chi connectivity index (χ0v) is 10.8. The first-order valence-electron chi connectivity index (χ1n) is 5.07. The Morgan fingerprint density at radius 2 is 2.11 bits per heavy atom. The van der Waals surface area contributed by atoms with Crippen molar-refractivity contribution < 1.29 is 28.8 Å². The lowest BCUT2D eigenvalue weighted by Gasteiger charge is -2.13. The number of aromatic nitrogens is 1. The van der Waals surface area contributed by atoms with E-state index in [-0.39, 0.29) is 17.7 Å². The maximum atomic E-state index is 11.6. The minimum atomic E-state index is -4.66. The van der Waals surface area contributed by atoms with E-state index in [0.29, 0.717) is 0 Å². The van der Waals surface area contributed by atoms with Gasteiger partial charge in [-0.2, -0.15) is 0 Å². The molecule has 0 unspecified atom stereocenters. The molecule has 0 spiro atoms. The first-order valence-corrected chi connectivity index (χ1v) is 6.60. The molecule has 19 heavy (non-hydrogen) atoms. The van der Waals surface area contributed by atoms with Gasteiger partial charge in [-0.25, -0.2) is 4.57 Å². The number of carbonyl (C=O) groups excluding carboxylic acids is 1. The highest BCUT2D eigenvalue weighted by molar-refractivity contribution is 7.46. The molecule has 0 saturated carbocycles. The number of carbonyl (C=O) groups is 1. The van der Waals surface area contributed by atoms with Crippen LogP contribution in [-0.2, 0) is 15.6 Å². The van der Waals surface area contributed by atoms with Crippen molar-refractivity contribution in [2.75, 3.05) is 6.61 Å². The van der Waals surface area contributed by atoms with Crippen molar-refractivity contribution in [3.63, 3.8) is 0 Å². The fourth-order valence-electron chi connectivity index (χ4n) is 1.52. The molecule has 0 fully saturated rings. The third kappa shape index (κ3) is 3.90. The number of amides is 1. The Kier molecular flexibility index (Phi) is 4.48. The van der Waals surface area contributed by atoms with E-state index in [4.69, 9.17) is 15.5 Å². The lowest BCUT2D eigenvalue weighted by molar-refractivity contribution is 0.0994. The van der Waals surface area contributed by atoms with Gasteiger partial charge in [-0.1, -0.05) is 0 Å². The Hall–Kier alpha value is -1.67. The molecule has 0 aromatic carbocycles. The van der Waals surface area contributed by atoms with Gasteiger partial charge in [-0.05, 0) is 12.5 Å². The Balaban J connectivity index is 3.08. The van der Waals surface area contributed by atoms with E-state index in [2.05, 4.69) is 4.52 Å². The fourth-order valence-corrected chi connectivity index (χ4v) is 1.84. The van der Waals surface area contributed by atoms with Crippen molar-refractivity contribution in [3.05, 3.63) is 27.5 Å². The van der Waals surface area contributed by atoms with Crippen molar-refractivity contribution in [1.29, 1.82) is 0 Å². The highest BCUT2D eigenvalue weighted by Gasteiger charge is 2.18. The SMILES string of the molecule is Cc1cc(=O)n(CCOP(=O)(O)O)c(O)c1C(N)=O. The van der Waals surface area contributed by atoms with E-state index >= 15 is 0 Å². The van der Waals surface area contributed by atoms with Gasteiger partial charge in [-0.15, -0.1) is 0 Å². The third-order valence-corrected chi connectivity index (χ3v) is 2.82. The molecule has 1 heterocycles. The molecule has 0 aliphatic rings. The lowest BCUT2D eigenvalue weighted by Crippen LogP contribution is -2.26. The molecule has 10 heteroatoms. The summed E-state index contributed by atoms with van der Waals surface area (Å²) in [5.41, 5.74) is 4.40. The van der Waals surface area contributed by atoms with Crippen LogP contribution in [0, 0.1) is 6.92 Å². The van der Waals surface area contributed by atoms with Crippen LogP contribution in [0.3, 0.4) is 0 Å². The number of phosphoric ester groups is 1. The lowest BCUT2D eigenvalue weighted by atomic mass is 10.1. The van der Waals surface area contributed by atoms with Crippen LogP contribution < -0.4 is 11.3 Å². The molecule has 0 aliphatic heterocycles. The number of hydrogen-bond donors (Lipinski definition) is 4. The molecule has 1 aromatic heterocycles. The first-order chi connectivity index (χ1) is 8.63. The molecule has 106 valence electrons. The summed E-state index contributed by atoms with van der Waals surface area (Å²) in [6, 6.07) is 1.08. The number of nitrogens with two attached hydrogens (primary N) is 1. The van der Waals surface area contributed by atoms with Gasteiger partial charge in [-0.3, -0.25) is 18.7 Å². The Morgan fingerprint density at radius 3 is 2.58 bits per heavy atom. The summed E-state index contributed by atoms with van der Waals surface area (Å²) in [7, 11) is -4.66. The molecule has 5 N–H and O–H groups in total. The van der Waals surface area contributed by atoms with Crippen LogP contribution in [0.4, 0.5) is 0 Å². The molecule has 1 aromatic rings. The average molecular weight is 292 g/mol. The van der Waals surface area contributed by atoms with E-state index in [9.17, 15) is 19.3 Å². The zero-order valence-electron chi connectivity index (χ0n) is 9.94. The topological polar surface area (TPSA) is 152 Å². The van der Waals surface area contributed by atoms with Crippen LogP contribution in [0.2, 0.25) is 0 Å². The van der Waals surface area contributed by atoms with Crippen LogP contribution in [-0.4, -0.2) is 32.0 Å². The molecule has 1 rings (SSSR count). The van der Waals surface area contributed by atoms with Gasteiger partial charge in [0.2, 0.25) is 5.88 Å². The highest BCUT2D eigenvalue weighted by Crippen LogP contribution is 2.35. The summed E-state index contributed by atoms with van der Waals surface area (Å²) < 4.78 is 15.4. The molecule has 0 aliphatic carbocycles. The van der Waals surface area contributed by atoms with Crippen LogP contribution in [0.15, 0.2) is 10.9 Å². The van der Waals surface area contributed by atoms with E-state index in [0.717, 1.165) is 10.6 Å². The maximum absolute atomic E-state index is 11.6. The average Bonchev–Trinajstić information content (AvgIpc) is 2.20. The minimum Gasteiger partial charge on any atom is -0.494 e. The number of nitrogens with zero attached hydrogens (tertiary/aromatic N) is 1. The number of phosphoric acid groups is 1. The number of primary amides is 1. The maximum Gasteiger partial charge on any atom is 0.469 e. The van der Waals surface area contributed by atoms with Gasteiger partial charge in [0.25, 0.3) is 11.5 Å². The molecular weight excluding hydrogens is 279 g/mol. The zero-order chi connectivity index (χ0) is 14.8. The molecule has 0 bridgehead atoms. The summed E-state index contributed by atoms with van der Waals surface area (Å²) in [4.78, 5) is 39.7. The van der Waals surface area contributed by atoms with Crippen molar-refractivity contribution in [1.82, 2.24) is 4.57 Å². The van der Waals surface area contributed by atoms with Crippen molar-refractivity contribution in [2.45, 2.75) is 13.5 Å². The van der Waals surface area contributed by atoms with Crippen LogP contribution in [0.5, 0.6) is 5.88 Å². The summed E-state index contributed by atoms with van der Waals surface area (Å²) in [6.45, 7) is 0.576. The van der Waals surface area contributed by atoms with Gasteiger partial charge in [0, 0.05) is 6.07 Å². The quantitative estimate of drug-likeness (QED) is 0.511. The number of hydrogen-bond acceptors (Lipinski definition) is 5. The van der Waals surface area contributed by atoms with Crippen molar-refractivity contribution >= 4 is 13.7 Å². The second-order valence-electron chi connectivity index (χ2n) is 3.70. The van der Waals surface area contributed by atoms with E-state index in [1.807, 2.05) is 0 Å². The fraction of sp³-hybridized carbons (Fsp3) is 0.333.